The maximum atomic E-state index is 12.6. The number of aromatic nitrogens is 2. The van der Waals surface area contributed by atoms with Crippen LogP contribution in [0.5, 0.6) is 11.5 Å². The Hall–Kier alpha value is -2.58. The molecule has 2 aromatic rings. The summed E-state index contributed by atoms with van der Waals surface area (Å²) in [6.45, 7) is 7.23. The number of quaternary nitrogens is 2. The number of methoxy groups -OCH3 is 2. The molecule has 0 amide bonds. The minimum Gasteiger partial charge on any atom is -0.493 e. The van der Waals surface area contributed by atoms with Crippen LogP contribution in [-0.2, 0) is 13.0 Å². The second-order valence-electron chi connectivity index (χ2n) is 7.37. The van der Waals surface area contributed by atoms with E-state index in [1.54, 1.807) is 23.7 Å². The Balaban J connectivity index is 1.58. The lowest BCUT2D eigenvalue weighted by atomic mass is 9.97. The van der Waals surface area contributed by atoms with Gasteiger partial charge < -0.3 is 25.0 Å². The molecular formula is C20H29N5O3+2. The van der Waals surface area contributed by atoms with Gasteiger partial charge >= 0.3 is 5.69 Å². The first-order chi connectivity index (χ1) is 13.7. The highest BCUT2D eigenvalue weighted by atomic mass is 16.5. The number of nitrogens with two attached hydrogens (primary N) is 1. The molecule has 8 nitrogen and oxygen atoms in total. The van der Waals surface area contributed by atoms with Crippen LogP contribution in [0.2, 0.25) is 0 Å². The third kappa shape index (κ3) is 3.70. The van der Waals surface area contributed by atoms with Gasteiger partial charge in [0.25, 0.3) is 0 Å². The van der Waals surface area contributed by atoms with Crippen molar-refractivity contribution in [3.63, 3.8) is 0 Å². The SMILES string of the molecule is COc1cc2c(cc1OC)-c1cc(NCC[NH+]3CC[NH2+]CC3)nc(=O)n1CC2. The molecule has 1 aromatic carbocycles. The lowest BCUT2D eigenvalue weighted by molar-refractivity contribution is -0.945. The number of hydrogen-bond acceptors (Lipinski definition) is 5. The topological polar surface area (TPSA) is 86.4 Å². The molecule has 0 radical (unpaired) electrons. The van der Waals surface area contributed by atoms with Crippen molar-refractivity contribution >= 4 is 5.82 Å². The maximum Gasteiger partial charge on any atom is 0.349 e. The zero-order valence-electron chi connectivity index (χ0n) is 16.6. The normalized spacial score (nSPS) is 16.2. The Bertz CT molecular complexity index is 905. The number of fused-ring (bicyclic) bond motifs is 3. The van der Waals surface area contributed by atoms with E-state index in [9.17, 15) is 4.79 Å². The Labute approximate surface area is 164 Å². The van der Waals surface area contributed by atoms with Crippen molar-refractivity contribution in [2.75, 3.05) is 58.8 Å². The lowest BCUT2D eigenvalue weighted by Gasteiger charge is -2.24. The first-order valence-corrected chi connectivity index (χ1v) is 9.96. The number of ether oxygens (including phenoxy) is 2. The largest absolute Gasteiger partial charge is 0.493 e. The molecule has 1 fully saturated rings. The van der Waals surface area contributed by atoms with Crippen LogP contribution in [0.1, 0.15) is 5.56 Å². The van der Waals surface area contributed by atoms with E-state index in [4.69, 9.17) is 9.47 Å². The summed E-state index contributed by atoms with van der Waals surface area (Å²) in [5.74, 6) is 2.02. The number of nitrogens with one attached hydrogen (secondary N) is 2. The highest BCUT2D eigenvalue weighted by Crippen LogP contribution is 2.38. The van der Waals surface area contributed by atoms with Crippen LogP contribution in [0.4, 0.5) is 5.82 Å². The van der Waals surface area contributed by atoms with E-state index in [1.807, 2.05) is 18.2 Å². The number of nitrogens with zero attached hydrogens (tertiary/aromatic N) is 2. The van der Waals surface area contributed by atoms with E-state index in [1.165, 1.54) is 26.2 Å². The zero-order chi connectivity index (χ0) is 19.5. The summed E-state index contributed by atoms with van der Waals surface area (Å²) in [5, 5.41) is 5.72. The first kappa shape index (κ1) is 18.8. The number of rotatable bonds is 6. The van der Waals surface area contributed by atoms with Crippen molar-refractivity contribution in [2.24, 2.45) is 0 Å². The quantitative estimate of drug-likeness (QED) is 0.554. The molecule has 0 spiro atoms. The van der Waals surface area contributed by atoms with Gasteiger partial charge in [-0.05, 0) is 24.1 Å². The molecule has 0 bridgehead atoms. The number of anilines is 1. The molecule has 1 saturated heterocycles. The van der Waals surface area contributed by atoms with E-state index in [0.29, 0.717) is 23.9 Å². The molecule has 4 rings (SSSR count). The minimum absolute atomic E-state index is 0.208. The summed E-state index contributed by atoms with van der Waals surface area (Å²) in [4.78, 5) is 18.4. The van der Waals surface area contributed by atoms with E-state index in [-0.39, 0.29) is 5.69 Å². The fraction of sp³-hybridized carbons (Fsp3) is 0.500. The highest BCUT2D eigenvalue weighted by Gasteiger charge is 2.22. The summed E-state index contributed by atoms with van der Waals surface area (Å²) < 4.78 is 12.6. The maximum absolute atomic E-state index is 12.6. The van der Waals surface area contributed by atoms with Gasteiger partial charge in [0.2, 0.25) is 0 Å². The number of aryl methyl sites for hydroxylation is 1. The second-order valence-corrected chi connectivity index (χ2v) is 7.37. The van der Waals surface area contributed by atoms with Gasteiger partial charge in [-0.25, -0.2) is 4.79 Å². The van der Waals surface area contributed by atoms with Crippen LogP contribution in [0.15, 0.2) is 23.0 Å². The number of benzene rings is 1. The summed E-state index contributed by atoms with van der Waals surface area (Å²) in [5.41, 5.74) is 2.83. The Morgan fingerprint density at radius 2 is 1.93 bits per heavy atom. The predicted octanol–water partition coefficient (Wildman–Crippen LogP) is -1.64. The van der Waals surface area contributed by atoms with Gasteiger partial charge in [-0.3, -0.25) is 4.57 Å². The average molecular weight is 387 g/mol. The summed E-state index contributed by atoms with van der Waals surface area (Å²) in [6.07, 6.45) is 0.770. The first-order valence-electron chi connectivity index (χ1n) is 9.96. The number of piperazine rings is 1. The van der Waals surface area contributed by atoms with Crippen LogP contribution in [-0.4, -0.2) is 63.0 Å². The van der Waals surface area contributed by atoms with Gasteiger partial charge in [-0.2, -0.15) is 4.98 Å². The van der Waals surface area contributed by atoms with Crippen LogP contribution in [0.25, 0.3) is 11.3 Å². The van der Waals surface area contributed by atoms with Gasteiger partial charge in [-0.15, -0.1) is 0 Å². The fourth-order valence-corrected chi connectivity index (χ4v) is 4.13. The molecule has 0 unspecified atom stereocenters. The molecule has 8 heteroatoms. The average Bonchev–Trinajstić information content (AvgIpc) is 2.73. The van der Waals surface area contributed by atoms with Gasteiger partial charge in [-0.1, -0.05) is 0 Å². The van der Waals surface area contributed by atoms with Gasteiger partial charge in [0, 0.05) is 18.2 Å². The molecule has 2 aliphatic heterocycles. The predicted molar refractivity (Wildman–Crippen MR) is 106 cm³/mol. The monoisotopic (exact) mass is 387 g/mol. The fourth-order valence-electron chi connectivity index (χ4n) is 4.13. The Kier molecular flexibility index (Phi) is 5.50. The molecule has 150 valence electrons. The van der Waals surface area contributed by atoms with Crippen molar-refractivity contribution in [2.45, 2.75) is 13.0 Å². The van der Waals surface area contributed by atoms with Crippen LogP contribution < -0.4 is 30.7 Å². The highest BCUT2D eigenvalue weighted by molar-refractivity contribution is 5.71. The Morgan fingerprint density at radius 1 is 1.18 bits per heavy atom. The molecule has 1 aromatic heterocycles. The van der Waals surface area contributed by atoms with Gasteiger partial charge in [0.05, 0.1) is 33.0 Å². The van der Waals surface area contributed by atoms with Crippen molar-refractivity contribution < 1.29 is 19.7 Å². The zero-order valence-corrected chi connectivity index (χ0v) is 16.6. The van der Waals surface area contributed by atoms with Crippen LogP contribution >= 0.6 is 0 Å². The molecule has 28 heavy (non-hydrogen) atoms. The van der Waals surface area contributed by atoms with Crippen molar-refractivity contribution in [1.29, 1.82) is 0 Å². The summed E-state index contributed by atoms with van der Waals surface area (Å²) in [7, 11) is 3.26. The van der Waals surface area contributed by atoms with Gasteiger partial charge in [0.15, 0.2) is 11.5 Å². The van der Waals surface area contributed by atoms with E-state index in [2.05, 4.69) is 15.6 Å². The minimum atomic E-state index is -0.208. The van der Waals surface area contributed by atoms with Crippen molar-refractivity contribution in [1.82, 2.24) is 9.55 Å². The van der Waals surface area contributed by atoms with E-state index >= 15 is 0 Å². The molecule has 3 heterocycles. The smallest absolute Gasteiger partial charge is 0.349 e. The lowest BCUT2D eigenvalue weighted by Crippen LogP contribution is -3.20. The molecule has 0 atom stereocenters. The van der Waals surface area contributed by atoms with Crippen LogP contribution in [0, 0.1) is 0 Å². The second kappa shape index (κ2) is 8.20. The third-order valence-corrected chi connectivity index (χ3v) is 5.69. The van der Waals surface area contributed by atoms with Crippen molar-refractivity contribution in [3.05, 3.63) is 34.2 Å². The van der Waals surface area contributed by atoms with Crippen molar-refractivity contribution in [3.8, 4) is 22.8 Å². The van der Waals surface area contributed by atoms with E-state index in [0.717, 1.165) is 36.3 Å². The molecule has 0 saturated carbocycles. The Morgan fingerprint density at radius 3 is 2.68 bits per heavy atom. The van der Waals surface area contributed by atoms with Crippen LogP contribution in [0.3, 0.4) is 0 Å². The standard InChI is InChI=1S/C20H27N5O3/c1-27-17-11-14-3-7-25-16(15(14)12-18(17)28-2)13-19(23-20(25)26)22-6-10-24-8-4-21-5-9-24/h11-13,21H,3-10H2,1-2H3,(H,22,23,26)/p+2. The number of hydrogen-bond donors (Lipinski definition) is 3. The van der Waals surface area contributed by atoms with Gasteiger partial charge in [0.1, 0.15) is 32.0 Å². The summed E-state index contributed by atoms with van der Waals surface area (Å²) >= 11 is 0. The molecule has 2 aliphatic rings. The molecular weight excluding hydrogens is 358 g/mol. The molecule has 0 aliphatic carbocycles. The molecule has 4 N–H and O–H groups in total. The third-order valence-electron chi connectivity index (χ3n) is 5.69. The van der Waals surface area contributed by atoms with E-state index < -0.39 is 0 Å². The summed E-state index contributed by atoms with van der Waals surface area (Å²) in [6, 6.07) is 5.94.